The van der Waals surface area contributed by atoms with E-state index in [2.05, 4.69) is 15.2 Å². The third-order valence-electron chi connectivity index (χ3n) is 3.13. The fraction of sp³-hybridized carbons (Fsp3) is 0.571. The molecule has 0 aliphatic carbocycles. The highest BCUT2D eigenvalue weighted by Gasteiger charge is 2.28. The van der Waals surface area contributed by atoms with E-state index in [0.29, 0.717) is 17.3 Å². The Kier molecular flexibility index (Phi) is 4.46. The van der Waals surface area contributed by atoms with Gasteiger partial charge in [-0.25, -0.2) is 4.79 Å². The Morgan fingerprint density at radius 2 is 2.24 bits per heavy atom. The first kappa shape index (κ1) is 15.7. The summed E-state index contributed by atoms with van der Waals surface area (Å²) in [6, 6.07) is 0.0171. The lowest BCUT2D eigenvalue weighted by Gasteiger charge is -2.23. The predicted octanol–water partition coefficient (Wildman–Crippen LogP) is 2.42. The molecule has 6 nitrogen and oxygen atoms in total. The smallest absolute Gasteiger partial charge is 0.407 e. The summed E-state index contributed by atoms with van der Waals surface area (Å²) >= 11 is 6.15. The second-order valence-corrected chi connectivity index (χ2v) is 6.54. The quantitative estimate of drug-likeness (QED) is 0.876. The molecule has 0 bridgehead atoms. The topological polar surface area (TPSA) is 80.5 Å². The summed E-state index contributed by atoms with van der Waals surface area (Å²) in [5.41, 5.74) is 6.75. The first-order chi connectivity index (χ1) is 9.76. The lowest BCUT2D eigenvalue weighted by atomic mass is 10.2. The molecule has 0 radical (unpaired) electrons. The monoisotopic (exact) mass is 312 g/mol. The van der Waals surface area contributed by atoms with Gasteiger partial charge in [0, 0.05) is 19.3 Å². The van der Waals surface area contributed by atoms with Gasteiger partial charge < -0.3 is 20.7 Å². The summed E-state index contributed by atoms with van der Waals surface area (Å²) in [6.45, 7) is 6.93. The van der Waals surface area contributed by atoms with Gasteiger partial charge in [-0.05, 0) is 27.2 Å². The van der Waals surface area contributed by atoms with Gasteiger partial charge in [-0.15, -0.1) is 0 Å². The van der Waals surface area contributed by atoms with Crippen molar-refractivity contribution >= 4 is 29.1 Å². The zero-order chi connectivity index (χ0) is 15.6. The standard InChI is InChI=1S/C14H21ClN4O2/c1-14(2,3)21-13(20)18-9-4-5-19(8-9)12-10(15)6-17-7-11(12)16/h6-7,9H,4-5,8,16H2,1-3H3,(H,18,20)/t9-/m0/s1. The normalized spacial score (nSPS) is 18.7. The van der Waals surface area contributed by atoms with E-state index < -0.39 is 11.7 Å². The number of amides is 1. The van der Waals surface area contributed by atoms with Crippen LogP contribution in [-0.4, -0.2) is 35.8 Å². The van der Waals surface area contributed by atoms with Crippen LogP contribution in [0.5, 0.6) is 0 Å². The van der Waals surface area contributed by atoms with Crippen molar-refractivity contribution in [1.82, 2.24) is 10.3 Å². The maximum atomic E-state index is 11.8. The highest BCUT2D eigenvalue weighted by Crippen LogP contribution is 2.33. The van der Waals surface area contributed by atoms with E-state index in [-0.39, 0.29) is 6.04 Å². The maximum absolute atomic E-state index is 11.8. The fourth-order valence-corrected chi connectivity index (χ4v) is 2.62. The van der Waals surface area contributed by atoms with E-state index in [0.717, 1.165) is 18.7 Å². The SMILES string of the molecule is CC(C)(C)OC(=O)N[C@H]1CCN(c2c(N)cncc2Cl)C1. The van der Waals surface area contributed by atoms with Crippen molar-refractivity contribution in [2.24, 2.45) is 0 Å². The van der Waals surface area contributed by atoms with Crippen LogP contribution in [0.1, 0.15) is 27.2 Å². The summed E-state index contributed by atoms with van der Waals surface area (Å²) in [5.74, 6) is 0. The molecule has 1 atom stereocenters. The third kappa shape index (κ3) is 4.14. The van der Waals surface area contributed by atoms with E-state index >= 15 is 0 Å². The molecule has 0 aromatic carbocycles. The van der Waals surface area contributed by atoms with Gasteiger partial charge in [0.1, 0.15) is 5.60 Å². The minimum absolute atomic E-state index is 0.0171. The maximum Gasteiger partial charge on any atom is 0.407 e. The number of nitrogens with two attached hydrogens (primary N) is 1. The van der Waals surface area contributed by atoms with Crippen molar-refractivity contribution in [2.45, 2.75) is 38.8 Å². The molecule has 3 N–H and O–H groups in total. The summed E-state index contributed by atoms with van der Waals surface area (Å²) in [5, 5.41) is 3.39. The molecule has 0 unspecified atom stereocenters. The van der Waals surface area contributed by atoms with Crippen molar-refractivity contribution in [2.75, 3.05) is 23.7 Å². The zero-order valence-corrected chi connectivity index (χ0v) is 13.3. The Labute approximate surface area is 129 Å². The Morgan fingerprint density at radius 1 is 1.52 bits per heavy atom. The van der Waals surface area contributed by atoms with Crippen LogP contribution in [0.3, 0.4) is 0 Å². The number of hydrogen-bond acceptors (Lipinski definition) is 5. The Morgan fingerprint density at radius 3 is 2.86 bits per heavy atom. The predicted molar refractivity (Wildman–Crippen MR) is 83.6 cm³/mol. The number of carbonyl (C=O) groups excluding carboxylic acids is 1. The number of anilines is 2. The van der Waals surface area contributed by atoms with E-state index in [9.17, 15) is 4.79 Å². The highest BCUT2D eigenvalue weighted by molar-refractivity contribution is 6.33. The Balaban J connectivity index is 1.97. The molecule has 0 saturated carbocycles. The first-order valence-electron chi connectivity index (χ1n) is 6.90. The van der Waals surface area contributed by atoms with Gasteiger partial charge in [-0.2, -0.15) is 0 Å². The van der Waals surface area contributed by atoms with Crippen LogP contribution in [0, 0.1) is 0 Å². The number of nitrogens with one attached hydrogen (secondary N) is 1. The molecule has 0 spiro atoms. The highest BCUT2D eigenvalue weighted by atomic mass is 35.5. The molecule has 1 aromatic heterocycles. The number of nitrogens with zero attached hydrogens (tertiary/aromatic N) is 2. The number of hydrogen-bond donors (Lipinski definition) is 2. The minimum atomic E-state index is -0.499. The van der Waals surface area contributed by atoms with E-state index in [1.54, 1.807) is 12.4 Å². The average Bonchev–Trinajstić information content (AvgIpc) is 2.74. The zero-order valence-electron chi connectivity index (χ0n) is 12.5. The molecule has 1 aromatic rings. The summed E-state index contributed by atoms with van der Waals surface area (Å²) in [6.07, 6.45) is 3.57. The van der Waals surface area contributed by atoms with Crippen molar-refractivity contribution < 1.29 is 9.53 Å². The van der Waals surface area contributed by atoms with Crippen molar-refractivity contribution in [3.63, 3.8) is 0 Å². The Bertz CT molecular complexity index is 510. The van der Waals surface area contributed by atoms with Gasteiger partial charge in [0.25, 0.3) is 0 Å². The molecule has 1 saturated heterocycles. The van der Waals surface area contributed by atoms with Crippen molar-refractivity contribution in [1.29, 1.82) is 0 Å². The lowest BCUT2D eigenvalue weighted by Crippen LogP contribution is -2.40. The Hall–Kier alpha value is -1.69. The molecule has 1 aliphatic heterocycles. The van der Waals surface area contributed by atoms with E-state index in [1.165, 1.54) is 0 Å². The number of alkyl carbamates (subject to hydrolysis) is 1. The van der Waals surface area contributed by atoms with Crippen LogP contribution in [0.25, 0.3) is 0 Å². The molecule has 1 amide bonds. The minimum Gasteiger partial charge on any atom is -0.444 e. The second kappa shape index (κ2) is 5.97. The lowest BCUT2D eigenvalue weighted by molar-refractivity contribution is 0.0509. The van der Waals surface area contributed by atoms with Crippen LogP contribution in [-0.2, 0) is 4.74 Å². The van der Waals surface area contributed by atoms with Gasteiger partial charge in [-0.1, -0.05) is 11.6 Å². The summed E-state index contributed by atoms with van der Waals surface area (Å²) < 4.78 is 5.26. The number of aromatic nitrogens is 1. The van der Waals surface area contributed by atoms with E-state index in [4.69, 9.17) is 22.1 Å². The van der Waals surface area contributed by atoms with Crippen LogP contribution in [0.15, 0.2) is 12.4 Å². The summed E-state index contributed by atoms with van der Waals surface area (Å²) in [7, 11) is 0. The van der Waals surface area contributed by atoms with Crippen LogP contribution in [0.4, 0.5) is 16.2 Å². The number of ether oxygens (including phenoxy) is 1. The number of rotatable bonds is 2. The molecule has 1 fully saturated rings. The molecule has 21 heavy (non-hydrogen) atoms. The molecule has 2 heterocycles. The van der Waals surface area contributed by atoms with Crippen LogP contribution in [0.2, 0.25) is 5.02 Å². The van der Waals surface area contributed by atoms with Crippen LogP contribution < -0.4 is 16.0 Å². The molecule has 116 valence electrons. The second-order valence-electron chi connectivity index (χ2n) is 6.14. The molecule has 7 heteroatoms. The van der Waals surface area contributed by atoms with Crippen LogP contribution >= 0.6 is 11.6 Å². The van der Waals surface area contributed by atoms with Gasteiger partial charge in [0.2, 0.25) is 0 Å². The fourth-order valence-electron chi connectivity index (χ4n) is 2.33. The van der Waals surface area contributed by atoms with E-state index in [1.807, 2.05) is 20.8 Å². The molecule has 1 aliphatic rings. The number of halogens is 1. The van der Waals surface area contributed by atoms with Gasteiger partial charge in [0.05, 0.1) is 28.6 Å². The summed E-state index contributed by atoms with van der Waals surface area (Å²) in [4.78, 5) is 17.8. The van der Waals surface area contributed by atoms with Crippen molar-refractivity contribution in [3.05, 3.63) is 17.4 Å². The largest absolute Gasteiger partial charge is 0.444 e. The number of nitrogen functional groups attached to an aromatic ring is 1. The van der Waals surface area contributed by atoms with Gasteiger partial charge in [-0.3, -0.25) is 4.98 Å². The molecular weight excluding hydrogens is 292 g/mol. The van der Waals surface area contributed by atoms with Crippen molar-refractivity contribution in [3.8, 4) is 0 Å². The number of pyridine rings is 1. The molecule has 2 rings (SSSR count). The average molecular weight is 313 g/mol. The van der Waals surface area contributed by atoms with Gasteiger partial charge in [0.15, 0.2) is 0 Å². The third-order valence-corrected chi connectivity index (χ3v) is 3.40. The first-order valence-corrected chi connectivity index (χ1v) is 7.27. The molecular formula is C14H21ClN4O2. The van der Waals surface area contributed by atoms with Gasteiger partial charge >= 0.3 is 6.09 Å². The number of carbonyl (C=O) groups is 1.